The lowest BCUT2D eigenvalue weighted by Gasteiger charge is -2.10. The molecular weight excluding hydrogens is 250 g/mol. The first kappa shape index (κ1) is 12.8. The number of rotatable bonds is 3. The van der Waals surface area contributed by atoms with Crippen LogP contribution in [-0.4, -0.2) is 17.9 Å². The largest absolute Gasteiger partial charge is 0.494 e. The molecule has 1 heterocycles. The number of aromatic nitrogens is 1. The SMILES string of the molecule is COc1cccc2c(Cl)c(C(=O)C(C)C)cnc12. The van der Waals surface area contributed by atoms with Crippen molar-refractivity contribution < 1.29 is 9.53 Å². The van der Waals surface area contributed by atoms with Crippen molar-refractivity contribution in [2.75, 3.05) is 7.11 Å². The highest BCUT2D eigenvalue weighted by molar-refractivity contribution is 6.38. The Morgan fingerprint density at radius 2 is 2.11 bits per heavy atom. The maximum Gasteiger partial charge on any atom is 0.168 e. The minimum Gasteiger partial charge on any atom is -0.494 e. The number of nitrogens with zero attached hydrogens (tertiary/aromatic N) is 1. The van der Waals surface area contributed by atoms with E-state index in [0.29, 0.717) is 21.9 Å². The number of methoxy groups -OCH3 is 1. The van der Waals surface area contributed by atoms with E-state index in [2.05, 4.69) is 4.98 Å². The number of ether oxygens (including phenoxy) is 1. The van der Waals surface area contributed by atoms with Gasteiger partial charge in [0.15, 0.2) is 5.78 Å². The predicted octanol–water partition coefficient (Wildman–Crippen LogP) is 3.74. The molecule has 0 spiro atoms. The van der Waals surface area contributed by atoms with Gasteiger partial charge in [-0.05, 0) is 6.07 Å². The Balaban J connectivity index is 2.69. The average molecular weight is 264 g/mol. The molecule has 18 heavy (non-hydrogen) atoms. The van der Waals surface area contributed by atoms with E-state index in [4.69, 9.17) is 16.3 Å². The second-order valence-corrected chi connectivity index (χ2v) is 4.74. The van der Waals surface area contributed by atoms with E-state index < -0.39 is 0 Å². The number of Topliss-reactive ketones (excluding diaryl/α,β-unsaturated/α-hetero) is 1. The zero-order valence-corrected chi connectivity index (χ0v) is 11.3. The van der Waals surface area contributed by atoms with E-state index in [1.807, 2.05) is 32.0 Å². The number of para-hydroxylation sites is 1. The fourth-order valence-corrected chi connectivity index (χ4v) is 2.11. The fraction of sp³-hybridized carbons (Fsp3) is 0.286. The van der Waals surface area contributed by atoms with Crippen molar-refractivity contribution in [3.8, 4) is 5.75 Å². The van der Waals surface area contributed by atoms with Gasteiger partial charge in [0.2, 0.25) is 0 Å². The molecule has 0 atom stereocenters. The first-order valence-electron chi connectivity index (χ1n) is 5.71. The van der Waals surface area contributed by atoms with Crippen molar-refractivity contribution in [1.29, 1.82) is 0 Å². The number of carbonyl (C=O) groups is 1. The van der Waals surface area contributed by atoms with Crippen LogP contribution in [0.3, 0.4) is 0 Å². The quantitative estimate of drug-likeness (QED) is 0.792. The lowest BCUT2D eigenvalue weighted by Crippen LogP contribution is -2.09. The minimum absolute atomic E-state index is 0.00257. The van der Waals surface area contributed by atoms with E-state index in [1.165, 1.54) is 6.20 Å². The van der Waals surface area contributed by atoms with E-state index in [1.54, 1.807) is 7.11 Å². The molecule has 0 aliphatic carbocycles. The van der Waals surface area contributed by atoms with Crippen molar-refractivity contribution in [3.05, 3.63) is 35.0 Å². The maximum absolute atomic E-state index is 12.0. The van der Waals surface area contributed by atoms with Gasteiger partial charge in [-0.2, -0.15) is 0 Å². The summed E-state index contributed by atoms with van der Waals surface area (Å²) in [5, 5.41) is 1.18. The third-order valence-corrected chi connectivity index (χ3v) is 3.21. The molecule has 0 aliphatic rings. The first-order chi connectivity index (χ1) is 8.56. The van der Waals surface area contributed by atoms with Crippen LogP contribution in [0.5, 0.6) is 5.75 Å². The van der Waals surface area contributed by atoms with Crippen molar-refractivity contribution in [2.45, 2.75) is 13.8 Å². The number of pyridine rings is 1. The van der Waals surface area contributed by atoms with Crippen LogP contribution in [0, 0.1) is 5.92 Å². The summed E-state index contributed by atoms with van der Waals surface area (Å²) in [4.78, 5) is 16.3. The minimum atomic E-state index is -0.104. The Hall–Kier alpha value is -1.61. The number of ketones is 1. The molecule has 0 amide bonds. The van der Waals surface area contributed by atoms with Gasteiger partial charge in [-0.3, -0.25) is 9.78 Å². The molecule has 0 radical (unpaired) electrons. The van der Waals surface area contributed by atoms with Gasteiger partial charge in [-0.25, -0.2) is 0 Å². The van der Waals surface area contributed by atoms with Crippen LogP contribution in [0.25, 0.3) is 10.9 Å². The highest BCUT2D eigenvalue weighted by Gasteiger charge is 2.17. The van der Waals surface area contributed by atoms with E-state index in [9.17, 15) is 4.79 Å². The van der Waals surface area contributed by atoms with Gasteiger partial charge in [-0.15, -0.1) is 0 Å². The first-order valence-corrected chi connectivity index (χ1v) is 6.09. The standard InChI is InChI=1S/C14H14ClNO2/c1-8(2)14(17)10-7-16-13-9(12(10)15)5-4-6-11(13)18-3/h4-8H,1-3H3. The highest BCUT2D eigenvalue weighted by Crippen LogP contribution is 2.31. The Morgan fingerprint density at radius 3 is 2.72 bits per heavy atom. The van der Waals surface area contributed by atoms with Crippen molar-refractivity contribution in [2.24, 2.45) is 5.92 Å². The van der Waals surface area contributed by atoms with Gasteiger partial charge in [0.25, 0.3) is 0 Å². The van der Waals surface area contributed by atoms with Crippen molar-refractivity contribution in [1.82, 2.24) is 4.98 Å². The normalized spacial score (nSPS) is 10.9. The third-order valence-electron chi connectivity index (χ3n) is 2.80. The van der Waals surface area contributed by atoms with E-state index >= 15 is 0 Å². The Kier molecular flexibility index (Phi) is 3.53. The molecular formula is C14H14ClNO2. The van der Waals surface area contributed by atoms with Gasteiger partial charge in [-0.1, -0.05) is 37.6 Å². The van der Waals surface area contributed by atoms with Crippen molar-refractivity contribution in [3.63, 3.8) is 0 Å². The highest BCUT2D eigenvalue weighted by atomic mass is 35.5. The van der Waals surface area contributed by atoms with Gasteiger partial charge in [0, 0.05) is 17.5 Å². The molecule has 3 nitrogen and oxygen atoms in total. The molecule has 2 rings (SSSR count). The van der Waals surface area contributed by atoms with Gasteiger partial charge < -0.3 is 4.74 Å². The average Bonchev–Trinajstić information content (AvgIpc) is 2.38. The molecule has 94 valence electrons. The molecule has 0 aliphatic heterocycles. The van der Waals surface area contributed by atoms with Gasteiger partial charge >= 0.3 is 0 Å². The molecule has 0 N–H and O–H groups in total. The van der Waals surface area contributed by atoms with Crippen LogP contribution >= 0.6 is 11.6 Å². The lowest BCUT2D eigenvalue weighted by atomic mass is 10.0. The Bertz CT molecular complexity index is 608. The summed E-state index contributed by atoms with van der Waals surface area (Å²) in [6.45, 7) is 3.68. The number of hydrogen-bond acceptors (Lipinski definition) is 3. The van der Waals surface area contributed by atoms with E-state index in [-0.39, 0.29) is 11.7 Å². The third kappa shape index (κ3) is 2.06. The number of halogens is 1. The zero-order chi connectivity index (χ0) is 13.3. The summed E-state index contributed by atoms with van der Waals surface area (Å²) in [5.41, 5.74) is 1.14. The van der Waals surface area contributed by atoms with Crippen LogP contribution in [-0.2, 0) is 0 Å². The molecule has 0 fully saturated rings. The molecule has 1 aromatic heterocycles. The molecule has 0 unspecified atom stereocenters. The van der Waals surface area contributed by atoms with Crippen LogP contribution in [0.4, 0.5) is 0 Å². The summed E-state index contributed by atoms with van der Waals surface area (Å²) in [7, 11) is 1.58. The molecule has 0 bridgehead atoms. The second-order valence-electron chi connectivity index (χ2n) is 4.36. The molecule has 0 saturated carbocycles. The summed E-state index contributed by atoms with van der Waals surface area (Å²) in [5.74, 6) is 0.544. The van der Waals surface area contributed by atoms with Crippen LogP contribution in [0.1, 0.15) is 24.2 Å². The van der Waals surface area contributed by atoms with E-state index in [0.717, 1.165) is 5.39 Å². The number of fused-ring (bicyclic) bond motifs is 1. The molecule has 4 heteroatoms. The predicted molar refractivity (Wildman–Crippen MR) is 72.5 cm³/mol. The fourth-order valence-electron chi connectivity index (χ4n) is 1.81. The van der Waals surface area contributed by atoms with Crippen LogP contribution < -0.4 is 4.74 Å². The van der Waals surface area contributed by atoms with Crippen LogP contribution in [0.2, 0.25) is 5.02 Å². The summed E-state index contributed by atoms with van der Waals surface area (Å²) < 4.78 is 5.22. The van der Waals surface area contributed by atoms with Gasteiger partial charge in [0.05, 0.1) is 17.7 Å². The molecule has 0 saturated heterocycles. The molecule has 2 aromatic rings. The topological polar surface area (TPSA) is 39.2 Å². The summed E-state index contributed by atoms with van der Waals surface area (Å²) in [6.07, 6.45) is 1.52. The number of benzene rings is 1. The summed E-state index contributed by atoms with van der Waals surface area (Å²) in [6, 6.07) is 5.48. The van der Waals surface area contributed by atoms with Gasteiger partial charge in [0.1, 0.15) is 11.3 Å². The monoisotopic (exact) mass is 263 g/mol. The van der Waals surface area contributed by atoms with Crippen LogP contribution in [0.15, 0.2) is 24.4 Å². The lowest BCUT2D eigenvalue weighted by molar-refractivity contribution is 0.0939. The zero-order valence-electron chi connectivity index (χ0n) is 10.5. The number of hydrogen-bond donors (Lipinski definition) is 0. The number of carbonyl (C=O) groups excluding carboxylic acids is 1. The van der Waals surface area contributed by atoms with Crippen molar-refractivity contribution >= 4 is 28.3 Å². The second kappa shape index (κ2) is 4.94. The Morgan fingerprint density at radius 1 is 1.39 bits per heavy atom. The summed E-state index contributed by atoms with van der Waals surface area (Å²) >= 11 is 6.29. The smallest absolute Gasteiger partial charge is 0.168 e. The molecule has 1 aromatic carbocycles. The maximum atomic E-state index is 12.0. The Labute approximate surface area is 111 Å².